The minimum atomic E-state index is -4.93. The molecule has 1 saturated carbocycles. The SMILES string of the molecule is O=C(NC1CC(O)C1)N1CC(CNc2cc(C(F)(F)F)nc3cc(C(F)(F)F)nn23)(c2ccc(F)cc2)C1. The molecule has 3 aromatic rings. The highest BCUT2D eigenvalue weighted by Crippen LogP contribution is 2.37. The predicted molar refractivity (Wildman–Crippen MR) is 119 cm³/mol. The van der Waals surface area contributed by atoms with Crippen LogP contribution in [0.4, 0.5) is 41.3 Å². The van der Waals surface area contributed by atoms with Gasteiger partial charge in [-0.1, -0.05) is 12.1 Å². The number of aliphatic hydroxyl groups is 1. The fourth-order valence-electron chi connectivity index (χ4n) is 4.64. The quantitative estimate of drug-likeness (QED) is 0.424. The fraction of sp³-hybridized carbons (Fsp3) is 0.435. The first-order valence-corrected chi connectivity index (χ1v) is 11.5. The lowest BCUT2D eigenvalue weighted by molar-refractivity contribution is -0.142. The lowest BCUT2D eigenvalue weighted by Gasteiger charge is -2.51. The average Bonchev–Trinajstić information content (AvgIpc) is 3.23. The maximum Gasteiger partial charge on any atom is 0.435 e. The zero-order valence-electron chi connectivity index (χ0n) is 19.4. The summed E-state index contributed by atoms with van der Waals surface area (Å²) >= 11 is 0. The van der Waals surface area contributed by atoms with E-state index >= 15 is 0 Å². The zero-order chi connectivity index (χ0) is 27.5. The molecular weight excluding hydrogens is 525 g/mol. The largest absolute Gasteiger partial charge is 0.435 e. The number of nitrogens with zero attached hydrogens (tertiary/aromatic N) is 4. The van der Waals surface area contributed by atoms with Crippen LogP contribution in [-0.2, 0) is 17.8 Å². The summed E-state index contributed by atoms with van der Waals surface area (Å²) in [5.41, 5.74) is -3.78. The molecule has 0 atom stereocenters. The standard InChI is InChI=1S/C23H21F7N6O2/c24-13-3-1-12(2-4-13)21(10-35(11-21)20(38)32-14-5-15(37)6-14)9-31-18-7-16(22(25,26)27)33-19-8-17(23(28,29)30)34-36(18)19/h1-4,7-8,14-15,31,37H,5-6,9-11H2,(H,32,38). The van der Waals surface area contributed by atoms with Gasteiger partial charge in [0, 0.05) is 43.2 Å². The molecule has 2 aromatic heterocycles. The molecule has 1 aliphatic carbocycles. The van der Waals surface area contributed by atoms with E-state index in [-0.39, 0.29) is 31.5 Å². The van der Waals surface area contributed by atoms with Gasteiger partial charge >= 0.3 is 18.4 Å². The van der Waals surface area contributed by atoms with Crippen LogP contribution in [0.5, 0.6) is 0 Å². The van der Waals surface area contributed by atoms with E-state index in [2.05, 4.69) is 20.7 Å². The normalized spacial score (nSPS) is 21.1. The Morgan fingerprint density at radius 2 is 1.66 bits per heavy atom. The highest BCUT2D eigenvalue weighted by atomic mass is 19.4. The summed E-state index contributed by atoms with van der Waals surface area (Å²) in [7, 11) is 0. The van der Waals surface area contributed by atoms with E-state index in [1.807, 2.05) is 0 Å². The van der Waals surface area contributed by atoms with Gasteiger partial charge in [-0.15, -0.1) is 0 Å². The molecule has 3 heterocycles. The number of aliphatic hydroxyl groups excluding tert-OH is 1. The van der Waals surface area contributed by atoms with Crippen molar-refractivity contribution in [2.75, 3.05) is 25.0 Å². The molecule has 0 unspecified atom stereocenters. The van der Waals surface area contributed by atoms with Crippen LogP contribution in [0.15, 0.2) is 36.4 Å². The molecule has 5 rings (SSSR count). The van der Waals surface area contributed by atoms with Crippen molar-refractivity contribution in [3.63, 3.8) is 0 Å². The number of rotatable bonds is 5. The Balaban J connectivity index is 1.43. The van der Waals surface area contributed by atoms with Crippen molar-refractivity contribution in [1.29, 1.82) is 0 Å². The Morgan fingerprint density at radius 3 is 2.24 bits per heavy atom. The van der Waals surface area contributed by atoms with E-state index in [1.54, 1.807) is 0 Å². The molecular formula is C23H21F7N6O2. The number of nitrogens with one attached hydrogen (secondary N) is 2. The fourth-order valence-corrected chi connectivity index (χ4v) is 4.64. The van der Waals surface area contributed by atoms with E-state index in [0.29, 0.717) is 35.1 Å². The van der Waals surface area contributed by atoms with Crippen molar-refractivity contribution >= 4 is 17.5 Å². The van der Waals surface area contributed by atoms with Crippen molar-refractivity contribution in [2.24, 2.45) is 0 Å². The van der Waals surface area contributed by atoms with Gasteiger partial charge in [0.05, 0.1) is 6.10 Å². The molecule has 15 heteroatoms. The molecule has 1 saturated heterocycles. The van der Waals surface area contributed by atoms with Crippen molar-refractivity contribution in [1.82, 2.24) is 24.8 Å². The molecule has 0 radical (unpaired) electrons. The number of hydrogen-bond donors (Lipinski definition) is 3. The monoisotopic (exact) mass is 546 g/mol. The minimum absolute atomic E-state index is 0.0972. The molecule has 0 bridgehead atoms. The molecule has 1 aliphatic heterocycles. The van der Waals surface area contributed by atoms with Gasteiger partial charge in [0.25, 0.3) is 0 Å². The third kappa shape index (κ3) is 4.93. The Bertz CT molecular complexity index is 1340. The number of aromatic nitrogens is 3. The second-order valence-corrected chi connectivity index (χ2v) is 9.59. The number of amides is 2. The molecule has 8 nitrogen and oxygen atoms in total. The molecule has 38 heavy (non-hydrogen) atoms. The summed E-state index contributed by atoms with van der Waals surface area (Å²) in [6, 6.07) is 5.76. The summed E-state index contributed by atoms with van der Waals surface area (Å²) in [6.45, 7) is 0.0855. The van der Waals surface area contributed by atoms with Crippen LogP contribution < -0.4 is 10.6 Å². The predicted octanol–water partition coefficient (Wildman–Crippen LogP) is 3.80. The smallest absolute Gasteiger partial charge is 0.393 e. The van der Waals surface area contributed by atoms with Crippen LogP contribution in [0.1, 0.15) is 29.8 Å². The number of urea groups is 1. The highest BCUT2D eigenvalue weighted by Gasteiger charge is 2.47. The average molecular weight is 546 g/mol. The number of hydrogen-bond acceptors (Lipinski definition) is 5. The second kappa shape index (κ2) is 8.99. The number of alkyl halides is 6. The number of carbonyl (C=O) groups is 1. The molecule has 2 aliphatic rings. The lowest BCUT2D eigenvalue weighted by atomic mass is 9.73. The third-order valence-electron chi connectivity index (χ3n) is 6.79. The summed E-state index contributed by atoms with van der Waals surface area (Å²) in [4.78, 5) is 17.3. The first-order chi connectivity index (χ1) is 17.7. The van der Waals surface area contributed by atoms with Gasteiger partial charge < -0.3 is 20.6 Å². The van der Waals surface area contributed by atoms with Crippen molar-refractivity contribution in [3.05, 3.63) is 59.2 Å². The van der Waals surface area contributed by atoms with Gasteiger partial charge in [0.1, 0.15) is 11.6 Å². The van der Waals surface area contributed by atoms with Crippen LogP contribution in [0, 0.1) is 5.82 Å². The van der Waals surface area contributed by atoms with E-state index in [9.17, 15) is 40.6 Å². The Kier molecular flexibility index (Phi) is 6.16. The molecule has 2 fully saturated rings. The first kappa shape index (κ1) is 26.0. The highest BCUT2D eigenvalue weighted by molar-refractivity contribution is 5.76. The number of anilines is 1. The molecule has 1 aromatic carbocycles. The lowest BCUT2D eigenvalue weighted by Crippen LogP contribution is -2.67. The van der Waals surface area contributed by atoms with Crippen LogP contribution in [0.25, 0.3) is 5.65 Å². The van der Waals surface area contributed by atoms with Gasteiger partial charge in [-0.05, 0) is 30.5 Å². The van der Waals surface area contributed by atoms with Gasteiger partial charge in [-0.3, -0.25) is 0 Å². The third-order valence-corrected chi connectivity index (χ3v) is 6.79. The maximum atomic E-state index is 13.6. The second-order valence-electron chi connectivity index (χ2n) is 9.59. The van der Waals surface area contributed by atoms with Crippen LogP contribution in [0.2, 0.25) is 0 Å². The molecule has 2 amide bonds. The Morgan fingerprint density at radius 1 is 1.03 bits per heavy atom. The Labute approximate surface area is 210 Å². The van der Waals surface area contributed by atoms with E-state index in [1.165, 1.54) is 29.2 Å². The molecule has 3 N–H and O–H groups in total. The van der Waals surface area contributed by atoms with Crippen molar-refractivity contribution < 1.29 is 40.6 Å². The van der Waals surface area contributed by atoms with Crippen LogP contribution >= 0.6 is 0 Å². The number of fused-ring (bicyclic) bond motifs is 1. The molecule has 0 spiro atoms. The number of likely N-dealkylation sites (tertiary alicyclic amines) is 1. The van der Waals surface area contributed by atoms with Gasteiger partial charge in [0.2, 0.25) is 0 Å². The van der Waals surface area contributed by atoms with Gasteiger partial charge in [0.15, 0.2) is 17.0 Å². The minimum Gasteiger partial charge on any atom is -0.393 e. The van der Waals surface area contributed by atoms with Crippen LogP contribution in [0.3, 0.4) is 0 Å². The van der Waals surface area contributed by atoms with E-state index in [0.717, 1.165) is 0 Å². The van der Waals surface area contributed by atoms with Crippen molar-refractivity contribution in [3.8, 4) is 0 Å². The summed E-state index contributed by atoms with van der Waals surface area (Å²) in [6.07, 6.45) is -9.47. The topological polar surface area (TPSA) is 94.8 Å². The number of carbonyl (C=O) groups excluding carboxylic acids is 1. The van der Waals surface area contributed by atoms with Crippen molar-refractivity contribution in [2.45, 2.75) is 42.8 Å². The number of halogens is 7. The zero-order valence-corrected chi connectivity index (χ0v) is 19.4. The van der Waals surface area contributed by atoms with E-state index in [4.69, 9.17) is 0 Å². The number of benzene rings is 1. The maximum absolute atomic E-state index is 13.6. The molecule has 204 valence electrons. The Hall–Kier alpha value is -3.62. The van der Waals surface area contributed by atoms with Gasteiger partial charge in [-0.2, -0.15) is 36.0 Å². The van der Waals surface area contributed by atoms with Crippen LogP contribution in [-0.4, -0.2) is 62.4 Å². The van der Waals surface area contributed by atoms with Gasteiger partial charge in [-0.25, -0.2) is 14.2 Å². The summed E-state index contributed by atoms with van der Waals surface area (Å²) in [5.74, 6) is -0.901. The summed E-state index contributed by atoms with van der Waals surface area (Å²) in [5, 5.41) is 18.3. The summed E-state index contributed by atoms with van der Waals surface area (Å²) < 4.78 is 94.2. The first-order valence-electron chi connectivity index (χ1n) is 11.5. The van der Waals surface area contributed by atoms with E-state index < -0.39 is 52.8 Å².